The predicted octanol–water partition coefficient (Wildman–Crippen LogP) is 5.76. The van der Waals surface area contributed by atoms with Gasteiger partial charge in [0.2, 0.25) is 0 Å². The van der Waals surface area contributed by atoms with Gasteiger partial charge in [-0.2, -0.15) is 0 Å². The Labute approximate surface area is 201 Å². The van der Waals surface area contributed by atoms with Gasteiger partial charge in [-0.3, -0.25) is 0 Å². The third-order valence-electron chi connectivity index (χ3n) is 6.72. The summed E-state index contributed by atoms with van der Waals surface area (Å²) in [5.41, 5.74) is 11.4. The van der Waals surface area contributed by atoms with Crippen molar-refractivity contribution in [3.8, 4) is 0 Å². The first kappa shape index (κ1) is 20.5. The molecule has 0 bridgehead atoms. The van der Waals surface area contributed by atoms with E-state index >= 15 is 0 Å². The maximum Gasteiger partial charge on any atom is 0.156 e. The fourth-order valence-electron chi connectivity index (χ4n) is 5.15. The molecule has 2 fully saturated rings. The first-order valence-electron chi connectivity index (χ1n) is 12.1. The van der Waals surface area contributed by atoms with Crippen LogP contribution < -0.4 is 9.80 Å². The van der Waals surface area contributed by atoms with E-state index in [-0.39, 0.29) is 0 Å². The third-order valence-corrected chi connectivity index (χ3v) is 6.72. The van der Waals surface area contributed by atoms with Crippen LogP contribution in [0, 0.1) is 0 Å². The highest BCUT2D eigenvalue weighted by molar-refractivity contribution is 5.61. The van der Waals surface area contributed by atoms with Crippen LogP contribution in [0.25, 0.3) is 0 Å². The Hall–Kier alpha value is -4.10. The summed E-state index contributed by atoms with van der Waals surface area (Å²) in [4.78, 5) is 9.89. The third kappa shape index (κ3) is 3.70. The largest absolute Gasteiger partial charge is 0.327 e. The molecule has 6 rings (SSSR count). The molecular formula is C30H28N4. The van der Waals surface area contributed by atoms with E-state index in [1.807, 2.05) is 6.08 Å². The molecule has 2 heterocycles. The van der Waals surface area contributed by atoms with E-state index in [1.54, 1.807) is 0 Å². The fraction of sp³-hybridized carbons (Fsp3) is 0.200. The quantitative estimate of drug-likeness (QED) is 0.556. The number of nitrogens with zero attached hydrogens (tertiary/aromatic N) is 4. The SMILES string of the molecule is C1=C=C(N2CCN(c3ccccc3)/C2=C2/N(C3=CC=CCC3)CCN2c2ccccc2)C=CC=1. The summed E-state index contributed by atoms with van der Waals surface area (Å²) < 4.78 is 0. The van der Waals surface area contributed by atoms with Crippen molar-refractivity contribution in [2.75, 3.05) is 36.0 Å². The van der Waals surface area contributed by atoms with Crippen molar-refractivity contribution in [3.05, 3.63) is 132 Å². The average molecular weight is 445 g/mol. The first-order chi connectivity index (χ1) is 16.9. The Kier molecular flexibility index (Phi) is 5.45. The molecule has 34 heavy (non-hydrogen) atoms. The molecule has 0 saturated carbocycles. The molecule has 0 N–H and O–H groups in total. The Morgan fingerprint density at radius 2 is 1.26 bits per heavy atom. The Morgan fingerprint density at radius 1 is 0.647 bits per heavy atom. The van der Waals surface area contributed by atoms with Gasteiger partial charge in [0.15, 0.2) is 11.6 Å². The number of hydrogen-bond donors (Lipinski definition) is 0. The fourth-order valence-corrected chi connectivity index (χ4v) is 5.15. The van der Waals surface area contributed by atoms with Crippen LogP contribution in [0.15, 0.2) is 132 Å². The van der Waals surface area contributed by atoms with Crippen molar-refractivity contribution in [1.82, 2.24) is 9.80 Å². The summed E-state index contributed by atoms with van der Waals surface area (Å²) in [5.74, 6) is 2.45. The highest BCUT2D eigenvalue weighted by Crippen LogP contribution is 2.39. The van der Waals surface area contributed by atoms with Gasteiger partial charge in [0.05, 0.1) is 5.70 Å². The molecular weight excluding hydrogens is 416 g/mol. The minimum absolute atomic E-state index is 0.900. The molecule has 4 aliphatic rings. The standard InChI is InChI=1S/C30H28N4/c1-5-13-25(14-6-1)31-21-22-32(26-15-7-2-8-16-26)29(31)30-33(27-17-9-3-10-18-27)23-24-34(30)28-19-11-4-12-20-28/h1-7,9-11,13-15,17-19H,8,16,21-24H2/b30-29-. The van der Waals surface area contributed by atoms with E-state index in [2.05, 4.69) is 122 Å². The molecule has 0 radical (unpaired) electrons. The number of allylic oxidation sites excluding steroid dienone is 7. The van der Waals surface area contributed by atoms with Gasteiger partial charge in [-0.15, -0.1) is 0 Å². The minimum atomic E-state index is 0.900. The Balaban J connectivity index is 1.57. The second kappa shape index (κ2) is 9.03. The maximum absolute atomic E-state index is 3.36. The van der Waals surface area contributed by atoms with Crippen LogP contribution in [0.2, 0.25) is 0 Å². The summed E-state index contributed by atoms with van der Waals surface area (Å²) in [6.07, 6.45) is 15.0. The second-order valence-corrected chi connectivity index (χ2v) is 8.73. The molecule has 168 valence electrons. The van der Waals surface area contributed by atoms with Gasteiger partial charge in [-0.25, -0.2) is 0 Å². The summed E-state index contributed by atoms with van der Waals surface area (Å²) in [7, 11) is 0. The van der Waals surface area contributed by atoms with Crippen molar-refractivity contribution in [2.24, 2.45) is 0 Å². The minimum Gasteiger partial charge on any atom is -0.327 e. The zero-order valence-electron chi connectivity index (χ0n) is 19.3. The number of benzene rings is 2. The molecule has 0 amide bonds. The molecule has 4 nitrogen and oxygen atoms in total. The van der Waals surface area contributed by atoms with Crippen LogP contribution in [0.5, 0.6) is 0 Å². The van der Waals surface area contributed by atoms with Gasteiger partial charge in [0, 0.05) is 43.3 Å². The molecule has 2 aliphatic heterocycles. The zero-order valence-corrected chi connectivity index (χ0v) is 19.3. The smallest absolute Gasteiger partial charge is 0.156 e. The lowest BCUT2D eigenvalue weighted by Gasteiger charge is -2.34. The molecule has 0 atom stereocenters. The van der Waals surface area contributed by atoms with Crippen molar-refractivity contribution in [3.63, 3.8) is 0 Å². The zero-order chi connectivity index (χ0) is 22.7. The number of rotatable bonds is 4. The van der Waals surface area contributed by atoms with E-state index in [9.17, 15) is 0 Å². The van der Waals surface area contributed by atoms with Crippen molar-refractivity contribution < 1.29 is 0 Å². The Bertz CT molecular complexity index is 1290. The number of para-hydroxylation sites is 2. The van der Waals surface area contributed by atoms with Crippen molar-refractivity contribution >= 4 is 11.4 Å². The Morgan fingerprint density at radius 3 is 1.85 bits per heavy atom. The van der Waals surface area contributed by atoms with E-state index in [0.29, 0.717) is 0 Å². The normalized spacial score (nSPS) is 21.5. The molecule has 2 aromatic rings. The second-order valence-electron chi connectivity index (χ2n) is 8.73. The van der Waals surface area contributed by atoms with Gasteiger partial charge < -0.3 is 19.6 Å². The van der Waals surface area contributed by atoms with Gasteiger partial charge in [0.25, 0.3) is 0 Å². The lowest BCUT2D eigenvalue weighted by Crippen LogP contribution is -2.33. The van der Waals surface area contributed by atoms with Crippen LogP contribution >= 0.6 is 0 Å². The van der Waals surface area contributed by atoms with Crippen LogP contribution in [0.4, 0.5) is 11.4 Å². The van der Waals surface area contributed by atoms with Crippen molar-refractivity contribution in [1.29, 1.82) is 0 Å². The maximum atomic E-state index is 3.36. The predicted molar refractivity (Wildman–Crippen MR) is 139 cm³/mol. The van der Waals surface area contributed by atoms with Gasteiger partial charge in [0.1, 0.15) is 0 Å². The molecule has 2 aliphatic carbocycles. The molecule has 0 spiro atoms. The van der Waals surface area contributed by atoms with Crippen LogP contribution in [0.1, 0.15) is 12.8 Å². The van der Waals surface area contributed by atoms with Gasteiger partial charge in [-0.05, 0) is 61.1 Å². The molecule has 2 aromatic carbocycles. The van der Waals surface area contributed by atoms with Crippen LogP contribution in [-0.2, 0) is 0 Å². The van der Waals surface area contributed by atoms with Crippen LogP contribution in [-0.4, -0.2) is 36.0 Å². The average Bonchev–Trinajstić information content (AvgIpc) is 3.55. The molecule has 2 saturated heterocycles. The number of hydrogen-bond acceptors (Lipinski definition) is 4. The summed E-state index contributed by atoms with van der Waals surface area (Å²) in [6, 6.07) is 21.5. The lowest BCUT2D eigenvalue weighted by atomic mass is 10.1. The van der Waals surface area contributed by atoms with Gasteiger partial charge in [-0.1, -0.05) is 60.4 Å². The highest BCUT2D eigenvalue weighted by Gasteiger charge is 2.39. The van der Waals surface area contributed by atoms with E-state index in [4.69, 9.17) is 0 Å². The molecule has 4 heteroatoms. The lowest BCUT2D eigenvalue weighted by molar-refractivity contribution is 0.431. The molecule has 0 unspecified atom stereocenters. The topological polar surface area (TPSA) is 13.0 Å². The van der Waals surface area contributed by atoms with Gasteiger partial charge >= 0.3 is 0 Å². The monoisotopic (exact) mass is 444 g/mol. The number of anilines is 2. The van der Waals surface area contributed by atoms with Crippen LogP contribution in [0.3, 0.4) is 0 Å². The molecule has 0 aromatic heterocycles. The summed E-state index contributed by atoms with van der Waals surface area (Å²) >= 11 is 0. The van der Waals surface area contributed by atoms with Crippen molar-refractivity contribution in [2.45, 2.75) is 12.8 Å². The highest BCUT2D eigenvalue weighted by atomic mass is 15.5. The van der Waals surface area contributed by atoms with E-state index in [1.165, 1.54) is 28.7 Å². The van der Waals surface area contributed by atoms with E-state index < -0.39 is 0 Å². The van der Waals surface area contributed by atoms with E-state index in [0.717, 1.165) is 44.7 Å². The first-order valence-corrected chi connectivity index (χ1v) is 12.1. The summed E-state index contributed by atoms with van der Waals surface area (Å²) in [6.45, 7) is 3.73. The summed E-state index contributed by atoms with van der Waals surface area (Å²) in [5, 5.41) is 0.